The Morgan fingerprint density at radius 1 is 0.575 bits per heavy atom. The number of benzene rings is 1. The average molecular weight is 1150 g/mol. The smallest absolute Gasteiger partial charge is 0.326 e. The molecular weight excluding hydrogens is 1080 g/mol. The van der Waals surface area contributed by atoms with Crippen molar-refractivity contribution in [2.75, 3.05) is 25.2 Å². The summed E-state index contributed by atoms with van der Waals surface area (Å²) < 4.78 is 0. The Morgan fingerprint density at radius 2 is 1.05 bits per heavy atom. The zero-order valence-electron chi connectivity index (χ0n) is 44.7. The van der Waals surface area contributed by atoms with Crippen LogP contribution in [0.25, 0.3) is 10.9 Å². The molecule has 32 heteroatoms. The maximum absolute atomic E-state index is 14.0. The first-order chi connectivity index (χ1) is 37.5. The first-order valence-corrected chi connectivity index (χ1v) is 26.2. The number of H-pyrrole nitrogens is 1. The van der Waals surface area contributed by atoms with E-state index >= 15 is 0 Å². The number of nitrogens with one attached hydrogen (secondary N) is 11. The van der Waals surface area contributed by atoms with E-state index in [9.17, 15) is 87.5 Å². The van der Waals surface area contributed by atoms with E-state index in [0.717, 1.165) is 24.8 Å². The Morgan fingerprint density at radius 3 is 1.59 bits per heavy atom. The number of hydrogen-bond acceptors (Lipinski definition) is 17. The molecule has 0 aliphatic rings. The molecule has 2 aromatic rings. The fourth-order valence-electron chi connectivity index (χ4n) is 7.24. The van der Waals surface area contributed by atoms with Gasteiger partial charge in [0.25, 0.3) is 0 Å². The summed E-state index contributed by atoms with van der Waals surface area (Å²) in [7, 11) is 0. The third-order valence-corrected chi connectivity index (χ3v) is 12.4. The van der Waals surface area contributed by atoms with Crippen molar-refractivity contribution in [3.63, 3.8) is 0 Å². The van der Waals surface area contributed by atoms with Crippen LogP contribution >= 0.6 is 11.8 Å². The third-order valence-electron chi connectivity index (χ3n) is 11.8. The molecule has 0 saturated heterocycles. The molecule has 0 aliphatic heterocycles. The molecule has 0 unspecified atom stereocenters. The number of aromatic nitrogens is 1. The van der Waals surface area contributed by atoms with Crippen LogP contribution in [0.3, 0.4) is 0 Å². The van der Waals surface area contributed by atoms with Gasteiger partial charge in [0, 0.05) is 29.9 Å². The number of aliphatic hydroxyl groups is 1. The van der Waals surface area contributed by atoms with Crippen LogP contribution in [-0.2, 0) is 73.5 Å². The van der Waals surface area contributed by atoms with Crippen LogP contribution in [0, 0.1) is 5.92 Å². The summed E-state index contributed by atoms with van der Waals surface area (Å²) in [6, 6.07) is -8.38. The van der Waals surface area contributed by atoms with Gasteiger partial charge in [-0.15, -0.1) is 0 Å². The molecule has 1 heterocycles. The van der Waals surface area contributed by atoms with Crippen molar-refractivity contribution in [2.24, 2.45) is 17.4 Å². The Kier molecular flexibility index (Phi) is 28.1. The zero-order chi connectivity index (χ0) is 60.6. The summed E-state index contributed by atoms with van der Waals surface area (Å²) >= 11 is 1.44. The predicted octanol–water partition coefficient (Wildman–Crippen LogP) is -5.72. The number of aliphatic carboxylic acids is 3. The molecule has 31 nitrogen and oxygen atoms in total. The van der Waals surface area contributed by atoms with E-state index < -0.39 is 188 Å². The Labute approximate surface area is 462 Å². The van der Waals surface area contributed by atoms with Gasteiger partial charge >= 0.3 is 17.9 Å². The van der Waals surface area contributed by atoms with E-state index in [0.29, 0.717) is 11.3 Å². The summed E-state index contributed by atoms with van der Waals surface area (Å²) in [4.78, 5) is 182. The lowest BCUT2D eigenvalue weighted by molar-refractivity contribution is -0.144. The summed E-state index contributed by atoms with van der Waals surface area (Å²) in [5.41, 5.74) is 12.7. The number of rotatable bonds is 35. The van der Waals surface area contributed by atoms with E-state index in [2.05, 4.69) is 58.2 Å². The largest absolute Gasteiger partial charge is 0.481 e. The van der Waals surface area contributed by atoms with E-state index in [1.807, 2.05) is 6.26 Å². The highest BCUT2D eigenvalue weighted by atomic mass is 32.2. The van der Waals surface area contributed by atoms with Gasteiger partial charge in [0.15, 0.2) is 0 Å². The highest BCUT2D eigenvalue weighted by Gasteiger charge is 2.35. The normalized spacial score (nSPS) is 14.8. The molecule has 1 aromatic carbocycles. The Bertz CT molecular complexity index is 2600. The monoisotopic (exact) mass is 1150 g/mol. The van der Waals surface area contributed by atoms with Crippen LogP contribution in [0.2, 0.25) is 0 Å². The van der Waals surface area contributed by atoms with E-state index in [1.54, 1.807) is 30.5 Å². The molecule has 10 atom stereocenters. The first-order valence-electron chi connectivity index (χ1n) is 24.8. The molecule has 2 rings (SSSR count). The molecule has 442 valence electrons. The number of aromatic amines is 1. The minimum absolute atomic E-state index is 0.110. The number of primary amides is 1. The lowest BCUT2D eigenvalue weighted by Crippen LogP contribution is -2.60. The van der Waals surface area contributed by atoms with Gasteiger partial charge in [-0.1, -0.05) is 32.0 Å². The van der Waals surface area contributed by atoms with Gasteiger partial charge in [-0.3, -0.25) is 62.3 Å². The summed E-state index contributed by atoms with van der Waals surface area (Å²) in [6.07, 6.45) is 0.557. The number of hydrogen-bond donors (Lipinski definition) is 17. The number of carbonyl (C=O) groups excluding carboxylic acids is 11. The molecule has 0 fully saturated rings. The van der Waals surface area contributed by atoms with Gasteiger partial charge in [0.05, 0.1) is 32.0 Å². The van der Waals surface area contributed by atoms with E-state index in [1.165, 1.54) is 32.5 Å². The molecule has 1 aromatic heterocycles. The lowest BCUT2D eigenvalue weighted by Gasteiger charge is -2.26. The van der Waals surface area contributed by atoms with Crippen molar-refractivity contribution >= 4 is 106 Å². The molecule has 0 spiro atoms. The van der Waals surface area contributed by atoms with Crippen LogP contribution < -0.4 is 64.6 Å². The van der Waals surface area contributed by atoms with Crippen molar-refractivity contribution in [3.8, 4) is 0 Å². The predicted molar refractivity (Wildman–Crippen MR) is 283 cm³/mol. The fourth-order valence-corrected chi connectivity index (χ4v) is 7.73. The van der Waals surface area contributed by atoms with Crippen molar-refractivity contribution in [1.82, 2.24) is 58.2 Å². The highest BCUT2D eigenvalue weighted by molar-refractivity contribution is 7.98. The van der Waals surface area contributed by atoms with Crippen LogP contribution in [0.4, 0.5) is 0 Å². The number of carbonyl (C=O) groups is 14. The van der Waals surface area contributed by atoms with Gasteiger partial charge in [-0.2, -0.15) is 11.8 Å². The number of fused-ring (bicyclic) bond motifs is 1. The van der Waals surface area contributed by atoms with Gasteiger partial charge in [-0.25, -0.2) is 4.79 Å². The Balaban J connectivity index is 2.12. The van der Waals surface area contributed by atoms with Gasteiger partial charge in [-0.05, 0) is 63.2 Å². The maximum Gasteiger partial charge on any atom is 0.326 e. The second-order valence-corrected chi connectivity index (χ2v) is 19.7. The second-order valence-electron chi connectivity index (χ2n) is 18.7. The third kappa shape index (κ3) is 22.9. The summed E-state index contributed by atoms with van der Waals surface area (Å²) in [5, 5.41) is 61.5. The number of carboxylic acid groups (broad SMARTS) is 3. The number of para-hydroxylation sites is 1. The van der Waals surface area contributed by atoms with Crippen molar-refractivity contribution < 1.29 is 87.5 Å². The molecular formula is C48H71N13O18S. The van der Waals surface area contributed by atoms with Gasteiger partial charge in [0.2, 0.25) is 65.0 Å². The van der Waals surface area contributed by atoms with E-state index in [-0.39, 0.29) is 12.8 Å². The molecule has 0 saturated carbocycles. The summed E-state index contributed by atoms with van der Waals surface area (Å²) in [5.74, 6) is -16.1. The van der Waals surface area contributed by atoms with Crippen molar-refractivity contribution in [3.05, 3.63) is 36.0 Å². The van der Waals surface area contributed by atoms with Crippen molar-refractivity contribution in [1.29, 1.82) is 0 Å². The number of thioether (sulfide) groups is 1. The maximum atomic E-state index is 14.0. The van der Waals surface area contributed by atoms with Crippen LogP contribution in [0.1, 0.15) is 72.3 Å². The second kappa shape index (κ2) is 33.1. The van der Waals surface area contributed by atoms with Crippen LogP contribution in [-0.4, -0.2) is 194 Å². The number of nitrogens with two attached hydrogens (primary N) is 2. The van der Waals surface area contributed by atoms with E-state index in [4.69, 9.17) is 11.5 Å². The minimum atomic E-state index is -1.98. The topological polar surface area (TPSA) is 508 Å². The Hall–Kier alpha value is -8.39. The highest BCUT2D eigenvalue weighted by Crippen LogP contribution is 2.20. The fraction of sp³-hybridized carbons (Fsp3) is 0.542. The van der Waals surface area contributed by atoms with Crippen LogP contribution in [0.15, 0.2) is 30.5 Å². The molecule has 19 N–H and O–H groups in total. The molecule has 80 heavy (non-hydrogen) atoms. The first kappa shape index (κ1) is 67.7. The number of amides is 11. The minimum Gasteiger partial charge on any atom is -0.481 e. The quantitative estimate of drug-likeness (QED) is 0.0306. The zero-order valence-corrected chi connectivity index (χ0v) is 45.5. The molecule has 0 bridgehead atoms. The molecule has 0 radical (unpaired) electrons. The average Bonchev–Trinajstić information content (AvgIpc) is 3.79. The van der Waals surface area contributed by atoms with Gasteiger partial charge in [0.1, 0.15) is 54.4 Å². The van der Waals surface area contributed by atoms with Gasteiger partial charge < -0.3 is 90.0 Å². The number of aliphatic hydroxyl groups excluding tert-OH is 1. The van der Waals surface area contributed by atoms with Crippen LogP contribution in [0.5, 0.6) is 0 Å². The lowest BCUT2D eigenvalue weighted by atomic mass is 10.0. The summed E-state index contributed by atoms with van der Waals surface area (Å²) in [6.45, 7) is 4.44. The molecule has 11 amide bonds. The SMILES string of the molecule is CSCC[C@H](N)C(=O)N[C@@H](Cc1c[nH]c2ccccc12)C(=O)N[C@@H](CCC(N)=O)C(=O)N[C@@H](CO)C(=O)N[C@@H](CC(=O)O)C(=O)N[C@@H](C)C(=O)NCC(=O)N[C@@H](C)C(=O)N[C@@H](CC(=O)O)C(=O)N[C@@H](C)C(=O)N[C@H](C(=O)O)C(C)C. The van der Waals surface area contributed by atoms with Crippen molar-refractivity contribution in [2.45, 2.75) is 134 Å². The standard InChI is InChI=1S/C48H71N13O18S/c1-21(2)38(48(78)79)61-41(71)24(5)55-44(74)31(16-36(65)66)57-40(70)23(4)53-35(64)19-52-39(69)22(3)54-45(75)32(17-37(67)68)59-47(77)33(20-62)60-43(73)29(11-12-34(50)63)56-46(76)30(58-42(72)27(49)13-14-80-6)15-25-18-51-28-10-8-7-9-26(25)28/h7-10,18,21-24,27,29-33,38,51,62H,11-17,19-20,49H2,1-6H3,(H2,50,63)(H,52,69)(H,53,64)(H,54,75)(H,55,74)(H,56,76)(H,57,70)(H,58,72)(H,59,77)(H,60,73)(H,61,71)(H,65,66)(H,67,68)(H,78,79)/t22-,23-,24-,27-,29-,30-,31-,32-,33-,38-/m0/s1. The number of carboxylic acids is 3. The molecule has 0 aliphatic carbocycles.